The predicted octanol–water partition coefficient (Wildman–Crippen LogP) is 4.12. The first-order chi connectivity index (χ1) is 14.9. The van der Waals surface area contributed by atoms with Gasteiger partial charge in [-0.15, -0.1) is 5.10 Å². The summed E-state index contributed by atoms with van der Waals surface area (Å²) in [6.45, 7) is 5.51. The fraction of sp³-hybridized carbons (Fsp3) is 0.125. The highest BCUT2D eigenvalue weighted by Crippen LogP contribution is 2.24. The molecule has 0 atom stereocenters. The van der Waals surface area contributed by atoms with Crippen LogP contribution in [0.5, 0.6) is 0 Å². The Labute approximate surface area is 177 Å². The largest absolute Gasteiger partial charge is 0.437 e. The second-order valence-corrected chi connectivity index (χ2v) is 7.54. The van der Waals surface area contributed by atoms with Gasteiger partial charge in [-0.2, -0.15) is 5.10 Å². The zero-order valence-electron chi connectivity index (χ0n) is 17.2. The zero-order chi connectivity index (χ0) is 21.7. The molecule has 4 aromatic rings. The minimum atomic E-state index is -0.298. The molecule has 3 heterocycles. The molecule has 1 N–H and O–H groups in total. The summed E-state index contributed by atoms with van der Waals surface area (Å²) in [6.07, 6.45) is 0. The third kappa shape index (κ3) is 3.11. The molecule has 0 radical (unpaired) electrons. The van der Waals surface area contributed by atoms with E-state index in [1.807, 2.05) is 50.2 Å². The molecule has 1 aliphatic heterocycles. The molecular weight excluding hydrogens is 392 g/mol. The third-order valence-corrected chi connectivity index (χ3v) is 5.34. The van der Waals surface area contributed by atoms with Crippen molar-refractivity contribution in [2.75, 3.05) is 5.32 Å². The second-order valence-electron chi connectivity index (χ2n) is 7.54. The predicted molar refractivity (Wildman–Crippen MR) is 121 cm³/mol. The zero-order valence-corrected chi connectivity index (χ0v) is 17.2. The molecule has 0 unspecified atom stereocenters. The molecule has 5 rings (SSSR count). The number of para-hydroxylation sites is 1. The molecule has 7 nitrogen and oxygen atoms in total. The van der Waals surface area contributed by atoms with Gasteiger partial charge < -0.3 is 9.73 Å². The highest BCUT2D eigenvalue weighted by molar-refractivity contribution is 6.53. The monoisotopic (exact) mass is 410 g/mol. The lowest BCUT2D eigenvalue weighted by Crippen LogP contribution is -2.14. The minimum absolute atomic E-state index is 0.142. The number of nitrogens with one attached hydrogen (secondary N) is 1. The number of nitrogens with zero attached hydrogens (tertiary/aromatic N) is 3. The highest BCUT2D eigenvalue weighted by atomic mass is 16.3. The van der Waals surface area contributed by atoms with E-state index in [0.717, 1.165) is 5.56 Å². The van der Waals surface area contributed by atoms with E-state index in [2.05, 4.69) is 20.5 Å². The molecule has 31 heavy (non-hydrogen) atoms. The van der Waals surface area contributed by atoms with Crippen molar-refractivity contribution >= 4 is 45.1 Å². The Morgan fingerprint density at radius 2 is 1.84 bits per heavy atom. The van der Waals surface area contributed by atoms with Crippen molar-refractivity contribution in [3.05, 3.63) is 81.1 Å². The van der Waals surface area contributed by atoms with E-state index in [1.54, 1.807) is 19.1 Å². The van der Waals surface area contributed by atoms with Crippen LogP contribution in [0.4, 0.5) is 5.69 Å². The SMILES string of the molecule is C/C(=N\N=C1/C(=O)Nc2ccccc21)c1cc2c(=O)c3cc(C)ccc3oc2nc1C. The molecule has 152 valence electrons. The number of carbonyl (C=O) groups is 1. The van der Waals surface area contributed by atoms with Crippen molar-refractivity contribution in [2.24, 2.45) is 10.2 Å². The maximum atomic E-state index is 13.1. The molecule has 2 aromatic heterocycles. The number of rotatable bonds is 2. The maximum Gasteiger partial charge on any atom is 0.276 e. The standard InChI is InChI=1S/C24H18N4O3/c1-12-8-9-20-17(10-12)22(29)18-11-16(13(2)25-24(18)31-20)14(3)27-28-21-15-6-4-5-7-19(15)26-23(21)30/h4-11H,1-3H3,(H,26,28,30)/b27-14+. The molecule has 0 spiro atoms. The summed E-state index contributed by atoms with van der Waals surface area (Å²) in [4.78, 5) is 29.8. The van der Waals surface area contributed by atoms with Gasteiger partial charge in [0.15, 0.2) is 5.71 Å². The van der Waals surface area contributed by atoms with Gasteiger partial charge in [-0.25, -0.2) is 4.98 Å². The van der Waals surface area contributed by atoms with Gasteiger partial charge in [0.1, 0.15) is 5.58 Å². The van der Waals surface area contributed by atoms with Gasteiger partial charge in [-0.05, 0) is 45.0 Å². The van der Waals surface area contributed by atoms with E-state index < -0.39 is 0 Å². The Balaban J connectivity index is 1.63. The quantitative estimate of drug-likeness (QED) is 0.305. The van der Waals surface area contributed by atoms with Crippen molar-refractivity contribution in [3.63, 3.8) is 0 Å². The van der Waals surface area contributed by atoms with Crippen LogP contribution in [0.25, 0.3) is 22.1 Å². The summed E-state index contributed by atoms with van der Waals surface area (Å²) < 4.78 is 5.86. The number of carbonyl (C=O) groups excluding carboxylic acids is 1. The van der Waals surface area contributed by atoms with E-state index in [-0.39, 0.29) is 22.8 Å². The van der Waals surface area contributed by atoms with E-state index in [1.165, 1.54) is 0 Å². The molecule has 0 aliphatic carbocycles. The summed E-state index contributed by atoms with van der Waals surface area (Å²) in [5.41, 5.74) is 5.16. The summed E-state index contributed by atoms with van der Waals surface area (Å²) in [5.74, 6) is -0.298. The van der Waals surface area contributed by atoms with Gasteiger partial charge in [0, 0.05) is 11.1 Å². The lowest BCUT2D eigenvalue weighted by molar-refractivity contribution is -0.110. The molecule has 0 bridgehead atoms. The lowest BCUT2D eigenvalue weighted by atomic mass is 10.1. The average Bonchev–Trinajstić information content (AvgIpc) is 3.07. The Morgan fingerprint density at radius 1 is 1.03 bits per heavy atom. The van der Waals surface area contributed by atoms with Gasteiger partial charge in [-0.3, -0.25) is 9.59 Å². The van der Waals surface area contributed by atoms with E-state index >= 15 is 0 Å². The topological polar surface area (TPSA) is 96.9 Å². The fourth-order valence-corrected chi connectivity index (χ4v) is 3.73. The first-order valence-corrected chi connectivity index (χ1v) is 9.80. The van der Waals surface area contributed by atoms with Crippen LogP contribution in [0.2, 0.25) is 0 Å². The number of aromatic nitrogens is 1. The lowest BCUT2D eigenvalue weighted by Gasteiger charge is -2.07. The second kappa shape index (κ2) is 6.98. The summed E-state index contributed by atoms with van der Waals surface area (Å²) in [5, 5.41) is 12.1. The molecule has 1 aliphatic rings. The van der Waals surface area contributed by atoms with Gasteiger partial charge in [-0.1, -0.05) is 29.8 Å². The molecular formula is C24H18N4O3. The van der Waals surface area contributed by atoms with Crippen LogP contribution < -0.4 is 10.7 Å². The average molecular weight is 410 g/mol. The van der Waals surface area contributed by atoms with Gasteiger partial charge >= 0.3 is 0 Å². The molecule has 1 amide bonds. The van der Waals surface area contributed by atoms with E-state index in [4.69, 9.17) is 4.42 Å². The van der Waals surface area contributed by atoms with Crippen LogP contribution in [0.3, 0.4) is 0 Å². The normalized spacial score (nSPS) is 15.0. The molecule has 0 saturated carbocycles. The van der Waals surface area contributed by atoms with Gasteiger partial charge in [0.25, 0.3) is 5.91 Å². The molecule has 2 aromatic carbocycles. The van der Waals surface area contributed by atoms with Crippen LogP contribution in [-0.4, -0.2) is 22.3 Å². The van der Waals surface area contributed by atoms with Gasteiger partial charge in [0.05, 0.1) is 27.9 Å². The van der Waals surface area contributed by atoms with Gasteiger partial charge in [0.2, 0.25) is 11.1 Å². The number of amides is 1. The van der Waals surface area contributed by atoms with Crippen LogP contribution >= 0.6 is 0 Å². The van der Waals surface area contributed by atoms with E-state index in [0.29, 0.717) is 44.6 Å². The van der Waals surface area contributed by atoms with Crippen LogP contribution in [0, 0.1) is 13.8 Å². The number of aryl methyl sites for hydroxylation is 2. The van der Waals surface area contributed by atoms with Crippen molar-refractivity contribution in [1.29, 1.82) is 0 Å². The third-order valence-electron chi connectivity index (χ3n) is 5.34. The first kappa shape index (κ1) is 18.9. The van der Waals surface area contributed by atoms with E-state index in [9.17, 15) is 9.59 Å². The highest BCUT2D eigenvalue weighted by Gasteiger charge is 2.25. The molecule has 0 saturated heterocycles. The Bertz CT molecular complexity index is 1530. The first-order valence-electron chi connectivity index (χ1n) is 9.80. The smallest absolute Gasteiger partial charge is 0.276 e. The minimum Gasteiger partial charge on any atom is -0.437 e. The van der Waals surface area contributed by atoms with Crippen molar-refractivity contribution in [2.45, 2.75) is 20.8 Å². The number of anilines is 1. The summed E-state index contributed by atoms with van der Waals surface area (Å²) in [6, 6.07) is 14.5. The number of pyridine rings is 1. The molecule has 7 heteroatoms. The van der Waals surface area contributed by atoms with Crippen molar-refractivity contribution in [1.82, 2.24) is 4.98 Å². The summed E-state index contributed by atoms with van der Waals surface area (Å²) >= 11 is 0. The Morgan fingerprint density at radius 3 is 2.68 bits per heavy atom. The number of benzene rings is 2. The number of hydrogen-bond acceptors (Lipinski definition) is 6. The van der Waals surface area contributed by atoms with Crippen LogP contribution in [-0.2, 0) is 4.79 Å². The fourth-order valence-electron chi connectivity index (χ4n) is 3.73. The Kier molecular flexibility index (Phi) is 4.25. The number of hydrogen-bond donors (Lipinski definition) is 1. The van der Waals surface area contributed by atoms with Crippen molar-refractivity contribution in [3.8, 4) is 0 Å². The van der Waals surface area contributed by atoms with Crippen LogP contribution in [0.1, 0.15) is 29.3 Å². The van der Waals surface area contributed by atoms with Crippen LogP contribution in [0.15, 0.2) is 67.9 Å². The number of fused-ring (bicyclic) bond motifs is 3. The Hall–Kier alpha value is -4.13. The van der Waals surface area contributed by atoms with Crippen molar-refractivity contribution < 1.29 is 9.21 Å². The summed E-state index contributed by atoms with van der Waals surface area (Å²) in [7, 11) is 0. The molecule has 0 fully saturated rings. The maximum absolute atomic E-state index is 13.1.